The van der Waals surface area contributed by atoms with E-state index in [1.54, 1.807) is 36.0 Å². The molecule has 3 rings (SSSR count). The van der Waals surface area contributed by atoms with Crippen LogP contribution in [0.15, 0.2) is 48.5 Å². The van der Waals surface area contributed by atoms with Crippen LogP contribution in [-0.4, -0.2) is 40.7 Å². The summed E-state index contributed by atoms with van der Waals surface area (Å²) in [5.41, 5.74) is 2.85. The number of thioether (sulfide) groups is 1. The van der Waals surface area contributed by atoms with Crippen molar-refractivity contribution < 1.29 is 14.4 Å². The van der Waals surface area contributed by atoms with E-state index >= 15 is 0 Å². The van der Waals surface area contributed by atoms with Gasteiger partial charge in [0.15, 0.2) is 0 Å². The molecule has 0 bridgehead atoms. The normalized spacial score (nSPS) is 14.2. The Kier molecular flexibility index (Phi) is 5.96. The van der Waals surface area contributed by atoms with Crippen molar-refractivity contribution in [1.82, 2.24) is 10.2 Å². The number of benzene rings is 2. The Morgan fingerprint density at radius 2 is 1.63 bits per heavy atom. The molecule has 1 aliphatic rings. The number of imide groups is 1. The summed E-state index contributed by atoms with van der Waals surface area (Å²) in [6.45, 7) is 2.36. The smallest absolute Gasteiger partial charge is 0.262 e. The molecule has 0 radical (unpaired) electrons. The Bertz CT molecular complexity index is 829. The topological polar surface area (TPSA) is 66.5 Å². The monoisotopic (exact) mass is 382 g/mol. The van der Waals surface area contributed by atoms with E-state index in [2.05, 4.69) is 5.32 Å². The summed E-state index contributed by atoms with van der Waals surface area (Å²) in [6, 6.07) is 13.8. The van der Waals surface area contributed by atoms with Gasteiger partial charge in [0.2, 0.25) is 5.91 Å². The van der Waals surface area contributed by atoms with Crippen molar-refractivity contribution in [1.29, 1.82) is 0 Å². The first kappa shape index (κ1) is 19.2. The third-order valence-electron chi connectivity index (χ3n) is 4.62. The van der Waals surface area contributed by atoms with E-state index in [0.717, 1.165) is 16.0 Å². The molecule has 6 heteroatoms. The lowest BCUT2D eigenvalue weighted by atomic mass is 10.1. The second kappa shape index (κ2) is 8.39. The van der Waals surface area contributed by atoms with Crippen LogP contribution in [0.2, 0.25) is 0 Å². The number of rotatable bonds is 7. The molecule has 0 unspecified atom stereocenters. The van der Waals surface area contributed by atoms with Gasteiger partial charge in [-0.2, -0.15) is 11.8 Å². The van der Waals surface area contributed by atoms with Crippen LogP contribution in [-0.2, 0) is 11.3 Å². The largest absolute Gasteiger partial charge is 0.350 e. The first-order chi connectivity index (χ1) is 13.0. The molecule has 3 amide bonds. The van der Waals surface area contributed by atoms with Gasteiger partial charge in [-0.25, -0.2) is 0 Å². The molecule has 1 aliphatic heterocycles. The number of nitrogens with one attached hydrogen (secondary N) is 1. The lowest BCUT2D eigenvalue weighted by Crippen LogP contribution is -2.49. The van der Waals surface area contributed by atoms with E-state index in [9.17, 15) is 14.4 Å². The Morgan fingerprint density at radius 3 is 2.19 bits per heavy atom. The minimum Gasteiger partial charge on any atom is -0.350 e. The highest BCUT2D eigenvalue weighted by molar-refractivity contribution is 7.98. The molecule has 0 spiro atoms. The van der Waals surface area contributed by atoms with Gasteiger partial charge in [0.1, 0.15) is 6.04 Å². The molecule has 140 valence electrons. The lowest BCUT2D eigenvalue weighted by Gasteiger charge is -2.25. The highest BCUT2D eigenvalue weighted by atomic mass is 32.2. The zero-order chi connectivity index (χ0) is 19.4. The predicted molar refractivity (Wildman–Crippen MR) is 107 cm³/mol. The van der Waals surface area contributed by atoms with Crippen LogP contribution in [0.4, 0.5) is 0 Å². The summed E-state index contributed by atoms with van der Waals surface area (Å²) in [7, 11) is 0. The van der Waals surface area contributed by atoms with Crippen LogP contribution >= 0.6 is 11.8 Å². The third-order valence-corrected chi connectivity index (χ3v) is 5.27. The van der Waals surface area contributed by atoms with Crippen molar-refractivity contribution in [2.45, 2.75) is 25.9 Å². The molecule has 5 nitrogen and oxygen atoms in total. The van der Waals surface area contributed by atoms with E-state index in [0.29, 0.717) is 29.8 Å². The van der Waals surface area contributed by atoms with E-state index in [-0.39, 0.29) is 5.91 Å². The van der Waals surface area contributed by atoms with E-state index in [1.807, 2.05) is 37.4 Å². The van der Waals surface area contributed by atoms with Crippen molar-refractivity contribution in [3.8, 4) is 0 Å². The second-order valence-electron chi connectivity index (χ2n) is 6.53. The van der Waals surface area contributed by atoms with Gasteiger partial charge in [0, 0.05) is 6.54 Å². The average Bonchev–Trinajstić information content (AvgIpc) is 2.93. The minimum absolute atomic E-state index is 0.306. The number of amides is 3. The van der Waals surface area contributed by atoms with Gasteiger partial charge in [0.25, 0.3) is 11.8 Å². The summed E-state index contributed by atoms with van der Waals surface area (Å²) >= 11 is 1.58. The second-order valence-corrected chi connectivity index (χ2v) is 7.51. The summed E-state index contributed by atoms with van der Waals surface area (Å²) in [6.07, 6.45) is 2.36. The maximum Gasteiger partial charge on any atom is 0.262 e. The molecule has 0 aliphatic carbocycles. The first-order valence-electron chi connectivity index (χ1n) is 8.82. The van der Waals surface area contributed by atoms with Gasteiger partial charge in [-0.15, -0.1) is 0 Å². The number of fused-ring (bicyclic) bond motifs is 1. The Labute approximate surface area is 163 Å². The Hall–Kier alpha value is -2.60. The quantitative estimate of drug-likeness (QED) is 0.748. The molecule has 0 aromatic heterocycles. The van der Waals surface area contributed by atoms with Crippen LogP contribution in [0, 0.1) is 6.92 Å². The third kappa shape index (κ3) is 4.06. The van der Waals surface area contributed by atoms with E-state index < -0.39 is 17.9 Å². The van der Waals surface area contributed by atoms with Crippen molar-refractivity contribution in [2.24, 2.45) is 0 Å². The van der Waals surface area contributed by atoms with Gasteiger partial charge in [-0.05, 0) is 43.0 Å². The van der Waals surface area contributed by atoms with Gasteiger partial charge in [-0.1, -0.05) is 42.0 Å². The Morgan fingerprint density at radius 1 is 1.04 bits per heavy atom. The van der Waals surface area contributed by atoms with Crippen molar-refractivity contribution in [3.05, 3.63) is 70.8 Å². The van der Waals surface area contributed by atoms with Crippen LogP contribution < -0.4 is 5.32 Å². The van der Waals surface area contributed by atoms with Gasteiger partial charge in [-0.3, -0.25) is 19.3 Å². The molecule has 1 N–H and O–H groups in total. The minimum atomic E-state index is -0.810. The maximum atomic E-state index is 12.9. The molecule has 1 heterocycles. The van der Waals surface area contributed by atoms with Crippen LogP contribution in [0.1, 0.15) is 38.3 Å². The molecule has 27 heavy (non-hydrogen) atoms. The fourth-order valence-electron chi connectivity index (χ4n) is 3.11. The zero-order valence-electron chi connectivity index (χ0n) is 15.4. The fourth-order valence-corrected chi connectivity index (χ4v) is 3.57. The molecular formula is C21H22N2O3S. The SMILES string of the molecule is CSCC[C@H](C(=O)NCc1ccc(C)cc1)N1C(=O)c2ccccc2C1=O. The predicted octanol–water partition coefficient (Wildman–Crippen LogP) is 3.03. The van der Waals surface area contributed by atoms with Crippen molar-refractivity contribution >= 4 is 29.5 Å². The summed E-state index contributed by atoms with van der Waals surface area (Å²) in [4.78, 5) is 39.5. The molecular weight excluding hydrogens is 360 g/mol. The van der Waals surface area contributed by atoms with Gasteiger partial charge < -0.3 is 5.32 Å². The zero-order valence-corrected chi connectivity index (χ0v) is 16.2. The molecule has 2 aromatic rings. The number of hydrogen-bond acceptors (Lipinski definition) is 4. The number of carbonyl (C=O) groups is 3. The van der Waals surface area contributed by atoms with Crippen LogP contribution in [0.3, 0.4) is 0 Å². The molecule has 1 atom stereocenters. The molecule has 0 saturated heterocycles. The average molecular weight is 382 g/mol. The standard InChI is InChI=1S/C21H22N2O3S/c1-14-7-9-15(10-8-14)13-22-19(24)18(11-12-27-2)23-20(25)16-5-3-4-6-17(16)21(23)26/h3-10,18H,11-13H2,1-2H3,(H,22,24)/t18-/m1/s1. The van der Waals surface area contributed by atoms with Gasteiger partial charge >= 0.3 is 0 Å². The first-order valence-corrected chi connectivity index (χ1v) is 10.2. The number of carbonyl (C=O) groups excluding carboxylic acids is 3. The summed E-state index contributed by atoms with van der Waals surface area (Å²) < 4.78 is 0. The maximum absolute atomic E-state index is 12.9. The molecule has 0 saturated carbocycles. The van der Waals surface area contributed by atoms with Crippen molar-refractivity contribution in [3.63, 3.8) is 0 Å². The summed E-state index contributed by atoms with van der Waals surface area (Å²) in [5.74, 6) is -0.422. The van der Waals surface area contributed by atoms with E-state index in [4.69, 9.17) is 0 Å². The highest BCUT2D eigenvalue weighted by Crippen LogP contribution is 2.26. The lowest BCUT2D eigenvalue weighted by molar-refractivity contribution is -0.125. The molecule has 0 fully saturated rings. The number of hydrogen-bond donors (Lipinski definition) is 1. The fraction of sp³-hybridized carbons (Fsp3) is 0.286. The van der Waals surface area contributed by atoms with Crippen LogP contribution in [0.5, 0.6) is 0 Å². The van der Waals surface area contributed by atoms with E-state index in [1.165, 1.54) is 0 Å². The molecule has 2 aromatic carbocycles. The highest BCUT2D eigenvalue weighted by Gasteiger charge is 2.42. The van der Waals surface area contributed by atoms with Gasteiger partial charge in [0.05, 0.1) is 11.1 Å². The Balaban J connectivity index is 1.77. The number of nitrogens with zero attached hydrogens (tertiary/aromatic N) is 1. The van der Waals surface area contributed by atoms with Crippen molar-refractivity contribution in [2.75, 3.05) is 12.0 Å². The van der Waals surface area contributed by atoms with Crippen LogP contribution in [0.25, 0.3) is 0 Å². The summed E-state index contributed by atoms with van der Waals surface area (Å²) in [5, 5.41) is 2.88. The number of aryl methyl sites for hydroxylation is 1.